The standard InChI is InChI=1S/C17H13N3O3/c18-16(22)11-5-6-14(21)13(9-11)20-17(23)15-12-4-2-1-3-10(12)7-8-19-15/h1-9,21H,(H2,18,22)(H,20,23). The Morgan fingerprint density at radius 3 is 2.65 bits per heavy atom. The lowest BCUT2D eigenvalue weighted by Crippen LogP contribution is -2.16. The van der Waals surface area contributed by atoms with E-state index < -0.39 is 11.8 Å². The third kappa shape index (κ3) is 2.82. The summed E-state index contributed by atoms with van der Waals surface area (Å²) in [5.41, 5.74) is 5.71. The molecule has 114 valence electrons. The van der Waals surface area contributed by atoms with Gasteiger partial charge in [-0.15, -0.1) is 0 Å². The largest absolute Gasteiger partial charge is 0.506 e. The second kappa shape index (κ2) is 5.76. The molecule has 0 atom stereocenters. The summed E-state index contributed by atoms with van der Waals surface area (Å²) in [5, 5.41) is 14.0. The number of aromatic nitrogens is 1. The summed E-state index contributed by atoms with van der Waals surface area (Å²) in [5.74, 6) is -1.30. The Hall–Kier alpha value is -3.41. The molecule has 2 amide bonds. The zero-order valence-corrected chi connectivity index (χ0v) is 12.0. The van der Waals surface area contributed by atoms with Crippen molar-refractivity contribution in [1.82, 2.24) is 4.98 Å². The maximum absolute atomic E-state index is 12.5. The van der Waals surface area contributed by atoms with Gasteiger partial charge in [0.2, 0.25) is 5.91 Å². The second-order valence-corrected chi connectivity index (χ2v) is 4.93. The van der Waals surface area contributed by atoms with Gasteiger partial charge in [0, 0.05) is 17.1 Å². The molecule has 0 aliphatic heterocycles. The van der Waals surface area contributed by atoms with Crippen LogP contribution >= 0.6 is 0 Å². The minimum absolute atomic E-state index is 0.0982. The average molecular weight is 307 g/mol. The van der Waals surface area contributed by atoms with Crippen LogP contribution < -0.4 is 11.1 Å². The zero-order chi connectivity index (χ0) is 16.4. The van der Waals surface area contributed by atoms with Gasteiger partial charge in [-0.25, -0.2) is 0 Å². The van der Waals surface area contributed by atoms with Crippen molar-refractivity contribution in [2.24, 2.45) is 5.73 Å². The first kappa shape index (κ1) is 14.5. The van der Waals surface area contributed by atoms with Gasteiger partial charge in [0.1, 0.15) is 11.4 Å². The van der Waals surface area contributed by atoms with E-state index in [-0.39, 0.29) is 22.7 Å². The first-order chi connectivity index (χ1) is 11.1. The summed E-state index contributed by atoms with van der Waals surface area (Å²) in [6.07, 6.45) is 1.54. The van der Waals surface area contributed by atoms with Crippen LogP contribution in [0.15, 0.2) is 54.7 Å². The highest BCUT2D eigenvalue weighted by Gasteiger charge is 2.14. The van der Waals surface area contributed by atoms with Crippen LogP contribution in [-0.4, -0.2) is 21.9 Å². The Balaban J connectivity index is 1.98. The number of anilines is 1. The van der Waals surface area contributed by atoms with Gasteiger partial charge < -0.3 is 16.2 Å². The van der Waals surface area contributed by atoms with E-state index >= 15 is 0 Å². The second-order valence-electron chi connectivity index (χ2n) is 4.93. The summed E-state index contributed by atoms with van der Waals surface area (Å²) in [6.45, 7) is 0. The van der Waals surface area contributed by atoms with Gasteiger partial charge in [0.25, 0.3) is 5.91 Å². The zero-order valence-electron chi connectivity index (χ0n) is 12.0. The minimum Gasteiger partial charge on any atom is -0.506 e. The summed E-state index contributed by atoms with van der Waals surface area (Å²) >= 11 is 0. The molecule has 0 fully saturated rings. The number of hydrogen-bond donors (Lipinski definition) is 3. The van der Waals surface area contributed by atoms with Crippen LogP contribution in [0.4, 0.5) is 5.69 Å². The highest BCUT2D eigenvalue weighted by Crippen LogP contribution is 2.25. The SMILES string of the molecule is NC(=O)c1ccc(O)c(NC(=O)c2nccc3ccccc23)c1. The molecule has 23 heavy (non-hydrogen) atoms. The van der Waals surface area contributed by atoms with Gasteiger partial charge in [-0.3, -0.25) is 14.6 Å². The van der Waals surface area contributed by atoms with Gasteiger partial charge in [-0.05, 0) is 29.7 Å². The number of nitrogens with two attached hydrogens (primary N) is 1. The molecular weight excluding hydrogens is 294 g/mol. The smallest absolute Gasteiger partial charge is 0.275 e. The Kier molecular flexibility index (Phi) is 3.64. The number of rotatable bonds is 3. The van der Waals surface area contributed by atoms with Crippen molar-refractivity contribution >= 4 is 28.3 Å². The van der Waals surface area contributed by atoms with Crippen molar-refractivity contribution in [3.8, 4) is 5.75 Å². The summed E-state index contributed by atoms with van der Waals surface area (Å²) in [4.78, 5) is 27.8. The Morgan fingerprint density at radius 2 is 1.87 bits per heavy atom. The van der Waals surface area contributed by atoms with Crippen molar-refractivity contribution < 1.29 is 14.7 Å². The Morgan fingerprint density at radius 1 is 1.09 bits per heavy atom. The van der Waals surface area contributed by atoms with Gasteiger partial charge in [0.05, 0.1) is 5.69 Å². The fraction of sp³-hybridized carbons (Fsp3) is 0. The normalized spacial score (nSPS) is 10.4. The maximum atomic E-state index is 12.5. The molecule has 1 aromatic heterocycles. The molecule has 0 aliphatic rings. The highest BCUT2D eigenvalue weighted by molar-refractivity contribution is 6.12. The topological polar surface area (TPSA) is 105 Å². The maximum Gasteiger partial charge on any atom is 0.275 e. The first-order valence-electron chi connectivity index (χ1n) is 6.84. The molecule has 0 unspecified atom stereocenters. The number of pyridine rings is 1. The molecule has 4 N–H and O–H groups in total. The van der Waals surface area contributed by atoms with E-state index in [1.165, 1.54) is 24.4 Å². The number of carbonyl (C=O) groups is 2. The number of aromatic hydroxyl groups is 1. The lowest BCUT2D eigenvalue weighted by Gasteiger charge is -2.09. The first-order valence-corrected chi connectivity index (χ1v) is 6.84. The number of primary amides is 1. The van der Waals surface area contributed by atoms with Crippen LogP contribution in [0.1, 0.15) is 20.8 Å². The summed E-state index contributed by atoms with van der Waals surface area (Å²) in [6, 6.07) is 13.1. The molecular formula is C17H13N3O3. The van der Waals surface area contributed by atoms with E-state index in [0.717, 1.165) is 5.39 Å². The molecule has 6 heteroatoms. The molecule has 1 heterocycles. The third-order valence-electron chi connectivity index (χ3n) is 3.42. The molecule has 0 bridgehead atoms. The number of nitrogens with one attached hydrogen (secondary N) is 1. The van der Waals surface area contributed by atoms with E-state index in [4.69, 9.17) is 5.73 Å². The minimum atomic E-state index is -0.649. The number of hydrogen-bond acceptors (Lipinski definition) is 4. The van der Waals surface area contributed by atoms with Crippen LogP contribution in [0.2, 0.25) is 0 Å². The van der Waals surface area contributed by atoms with Crippen LogP contribution in [0.3, 0.4) is 0 Å². The van der Waals surface area contributed by atoms with Crippen molar-refractivity contribution in [2.75, 3.05) is 5.32 Å². The van der Waals surface area contributed by atoms with Crippen molar-refractivity contribution in [1.29, 1.82) is 0 Å². The predicted molar refractivity (Wildman–Crippen MR) is 86.3 cm³/mol. The molecule has 0 aliphatic carbocycles. The number of fused-ring (bicyclic) bond motifs is 1. The van der Waals surface area contributed by atoms with E-state index in [9.17, 15) is 14.7 Å². The van der Waals surface area contributed by atoms with Gasteiger partial charge in [-0.2, -0.15) is 0 Å². The summed E-state index contributed by atoms with van der Waals surface area (Å²) < 4.78 is 0. The molecule has 6 nitrogen and oxygen atoms in total. The number of phenolic OH excluding ortho intramolecular Hbond substituents is 1. The van der Waals surface area contributed by atoms with E-state index in [1.807, 2.05) is 18.2 Å². The lowest BCUT2D eigenvalue weighted by atomic mass is 10.1. The number of benzene rings is 2. The van der Waals surface area contributed by atoms with Crippen molar-refractivity contribution in [2.45, 2.75) is 0 Å². The fourth-order valence-electron chi connectivity index (χ4n) is 2.27. The Bertz CT molecular complexity index is 917. The number of amides is 2. The molecule has 0 spiro atoms. The van der Waals surface area contributed by atoms with Crippen LogP contribution in [0.5, 0.6) is 5.75 Å². The highest BCUT2D eigenvalue weighted by atomic mass is 16.3. The van der Waals surface area contributed by atoms with E-state index in [2.05, 4.69) is 10.3 Å². The van der Waals surface area contributed by atoms with Crippen molar-refractivity contribution in [3.05, 3.63) is 66.0 Å². The van der Waals surface area contributed by atoms with Crippen LogP contribution in [0, 0.1) is 0 Å². The van der Waals surface area contributed by atoms with Gasteiger partial charge in [0.15, 0.2) is 0 Å². The predicted octanol–water partition coefficient (Wildman–Crippen LogP) is 2.29. The molecule has 0 radical (unpaired) electrons. The monoisotopic (exact) mass is 307 g/mol. The molecule has 3 aromatic rings. The molecule has 0 saturated carbocycles. The van der Waals surface area contributed by atoms with Gasteiger partial charge in [-0.1, -0.05) is 24.3 Å². The number of nitrogens with zero attached hydrogens (tertiary/aromatic N) is 1. The third-order valence-corrected chi connectivity index (χ3v) is 3.42. The molecule has 3 rings (SSSR count). The van der Waals surface area contributed by atoms with Crippen LogP contribution in [-0.2, 0) is 0 Å². The van der Waals surface area contributed by atoms with E-state index in [1.54, 1.807) is 12.1 Å². The fourth-order valence-corrected chi connectivity index (χ4v) is 2.27. The number of carbonyl (C=O) groups excluding carboxylic acids is 2. The quantitative estimate of drug-likeness (QED) is 0.645. The Labute approximate surface area is 131 Å². The lowest BCUT2D eigenvalue weighted by molar-refractivity contribution is 0.0995. The molecule has 2 aromatic carbocycles. The average Bonchev–Trinajstić information content (AvgIpc) is 2.56. The van der Waals surface area contributed by atoms with Crippen LogP contribution in [0.25, 0.3) is 10.8 Å². The van der Waals surface area contributed by atoms with Crippen molar-refractivity contribution in [3.63, 3.8) is 0 Å². The molecule has 0 saturated heterocycles. The number of phenols is 1. The van der Waals surface area contributed by atoms with Gasteiger partial charge >= 0.3 is 0 Å². The summed E-state index contributed by atoms with van der Waals surface area (Å²) in [7, 11) is 0. The van der Waals surface area contributed by atoms with E-state index in [0.29, 0.717) is 5.39 Å².